The molecule has 0 spiro atoms. The summed E-state index contributed by atoms with van der Waals surface area (Å²) >= 11 is 0. The van der Waals surface area contributed by atoms with Crippen molar-refractivity contribution in [3.63, 3.8) is 0 Å². The van der Waals surface area contributed by atoms with Crippen molar-refractivity contribution in [2.75, 3.05) is 0 Å². The third-order valence-corrected chi connectivity index (χ3v) is 4.22. The first kappa shape index (κ1) is 18.3. The van der Waals surface area contributed by atoms with Gasteiger partial charge in [-0.05, 0) is 49.2 Å². The first-order chi connectivity index (χ1) is 13.0. The van der Waals surface area contributed by atoms with Gasteiger partial charge in [0, 0.05) is 5.56 Å². The minimum Gasteiger partial charge on any atom is -0.423 e. The van der Waals surface area contributed by atoms with Crippen molar-refractivity contribution in [3.8, 4) is 5.75 Å². The fourth-order valence-corrected chi connectivity index (χ4v) is 2.60. The van der Waals surface area contributed by atoms with Crippen LogP contribution in [-0.2, 0) is 0 Å². The molecule has 0 N–H and O–H groups in total. The van der Waals surface area contributed by atoms with E-state index in [1.165, 1.54) is 0 Å². The van der Waals surface area contributed by atoms with E-state index in [9.17, 15) is 9.59 Å². The highest BCUT2D eigenvalue weighted by Gasteiger charge is 2.10. The first-order valence-corrected chi connectivity index (χ1v) is 8.70. The smallest absolute Gasteiger partial charge is 0.343 e. The number of hydrogen-bond donors (Lipinski definition) is 0. The minimum atomic E-state index is -0.383. The van der Waals surface area contributed by atoms with Crippen LogP contribution in [0.15, 0.2) is 78.9 Å². The van der Waals surface area contributed by atoms with Gasteiger partial charge in [-0.2, -0.15) is 0 Å². The molecular weight excluding hydrogens is 336 g/mol. The Hall–Kier alpha value is -3.46. The molecule has 0 amide bonds. The van der Waals surface area contributed by atoms with Crippen molar-refractivity contribution in [2.45, 2.75) is 13.8 Å². The Labute approximate surface area is 158 Å². The summed E-state index contributed by atoms with van der Waals surface area (Å²) in [6, 6.07) is 21.8. The Kier molecular flexibility index (Phi) is 5.62. The standard InChI is InChI=1S/C24H20O3/c1-17-7-12-20(13-8-17)23(25)16-11-19-9-14-21(15-10-19)27-24(26)22-6-4-3-5-18(22)2/h3-16H,1-2H3/b16-11+. The molecule has 0 saturated carbocycles. The number of benzene rings is 3. The first-order valence-electron chi connectivity index (χ1n) is 8.70. The Morgan fingerprint density at radius 2 is 1.48 bits per heavy atom. The average Bonchev–Trinajstić information content (AvgIpc) is 2.68. The van der Waals surface area contributed by atoms with Gasteiger partial charge in [-0.15, -0.1) is 0 Å². The lowest BCUT2D eigenvalue weighted by molar-refractivity contribution is 0.0734. The summed E-state index contributed by atoms with van der Waals surface area (Å²) in [6.45, 7) is 3.85. The van der Waals surface area contributed by atoms with Crippen LogP contribution in [0.3, 0.4) is 0 Å². The number of rotatable bonds is 5. The number of allylic oxidation sites excluding steroid dienone is 1. The van der Waals surface area contributed by atoms with E-state index in [-0.39, 0.29) is 11.8 Å². The predicted molar refractivity (Wildman–Crippen MR) is 107 cm³/mol. The summed E-state index contributed by atoms with van der Waals surface area (Å²) in [5, 5.41) is 0. The largest absolute Gasteiger partial charge is 0.423 e. The highest BCUT2D eigenvalue weighted by Crippen LogP contribution is 2.17. The third-order valence-electron chi connectivity index (χ3n) is 4.22. The summed E-state index contributed by atoms with van der Waals surface area (Å²) in [7, 11) is 0. The molecule has 0 aliphatic carbocycles. The monoisotopic (exact) mass is 356 g/mol. The number of esters is 1. The third kappa shape index (κ3) is 4.79. The molecular formula is C24H20O3. The van der Waals surface area contributed by atoms with E-state index in [0.29, 0.717) is 16.9 Å². The van der Waals surface area contributed by atoms with Gasteiger partial charge in [0.05, 0.1) is 5.56 Å². The summed E-state index contributed by atoms with van der Waals surface area (Å²) in [5.74, 6) is 0.0289. The van der Waals surface area contributed by atoms with Gasteiger partial charge in [0.1, 0.15) is 5.75 Å². The van der Waals surface area contributed by atoms with E-state index >= 15 is 0 Å². The summed E-state index contributed by atoms with van der Waals surface area (Å²) in [6.07, 6.45) is 3.29. The van der Waals surface area contributed by atoms with Crippen LogP contribution in [0.5, 0.6) is 5.75 Å². The molecule has 27 heavy (non-hydrogen) atoms. The average molecular weight is 356 g/mol. The van der Waals surface area contributed by atoms with Crippen LogP contribution in [0.2, 0.25) is 0 Å². The van der Waals surface area contributed by atoms with Gasteiger partial charge in [-0.3, -0.25) is 4.79 Å². The molecule has 0 aliphatic rings. The van der Waals surface area contributed by atoms with E-state index in [1.54, 1.807) is 42.5 Å². The molecule has 3 aromatic rings. The predicted octanol–water partition coefficient (Wildman–Crippen LogP) is 5.42. The van der Waals surface area contributed by atoms with Crippen LogP contribution in [0.4, 0.5) is 0 Å². The molecule has 3 heteroatoms. The normalized spacial score (nSPS) is 10.7. The second kappa shape index (κ2) is 8.28. The number of carbonyl (C=O) groups excluding carboxylic acids is 2. The molecule has 3 aromatic carbocycles. The second-order valence-corrected chi connectivity index (χ2v) is 6.34. The molecule has 0 bridgehead atoms. The van der Waals surface area contributed by atoms with E-state index in [4.69, 9.17) is 4.74 Å². The van der Waals surface area contributed by atoms with Gasteiger partial charge in [-0.1, -0.05) is 66.2 Å². The Morgan fingerprint density at radius 3 is 2.15 bits per heavy atom. The van der Waals surface area contributed by atoms with Gasteiger partial charge >= 0.3 is 5.97 Å². The topological polar surface area (TPSA) is 43.4 Å². The summed E-state index contributed by atoms with van der Waals surface area (Å²) in [4.78, 5) is 24.4. The molecule has 0 atom stereocenters. The maximum absolute atomic E-state index is 12.2. The van der Waals surface area contributed by atoms with Crippen molar-refractivity contribution in [3.05, 3.63) is 107 Å². The summed E-state index contributed by atoms with van der Waals surface area (Å²) in [5.41, 5.74) is 4.04. The van der Waals surface area contributed by atoms with Crippen molar-refractivity contribution in [1.29, 1.82) is 0 Å². The molecule has 0 radical (unpaired) electrons. The lowest BCUT2D eigenvalue weighted by atomic mass is 10.1. The van der Waals surface area contributed by atoms with Crippen molar-refractivity contribution in [1.82, 2.24) is 0 Å². The van der Waals surface area contributed by atoms with Gasteiger partial charge in [0.25, 0.3) is 0 Å². The zero-order valence-corrected chi connectivity index (χ0v) is 15.3. The SMILES string of the molecule is Cc1ccc(C(=O)/C=C/c2ccc(OC(=O)c3ccccc3C)cc2)cc1. The lowest BCUT2D eigenvalue weighted by Gasteiger charge is -2.06. The van der Waals surface area contributed by atoms with Crippen LogP contribution in [-0.4, -0.2) is 11.8 Å². The molecule has 0 unspecified atom stereocenters. The number of ether oxygens (including phenoxy) is 1. The Morgan fingerprint density at radius 1 is 0.815 bits per heavy atom. The highest BCUT2D eigenvalue weighted by atomic mass is 16.5. The van der Waals surface area contributed by atoms with Gasteiger partial charge < -0.3 is 4.74 Å². The number of hydrogen-bond acceptors (Lipinski definition) is 3. The van der Waals surface area contributed by atoms with Gasteiger partial charge in [0.15, 0.2) is 5.78 Å². The maximum Gasteiger partial charge on any atom is 0.343 e. The molecule has 0 fully saturated rings. The zero-order chi connectivity index (χ0) is 19.2. The summed E-state index contributed by atoms with van der Waals surface area (Å²) < 4.78 is 5.41. The highest BCUT2D eigenvalue weighted by molar-refractivity contribution is 6.06. The molecule has 3 rings (SSSR count). The van der Waals surface area contributed by atoms with Crippen LogP contribution in [0.25, 0.3) is 6.08 Å². The minimum absolute atomic E-state index is 0.0509. The fraction of sp³-hybridized carbons (Fsp3) is 0.0833. The van der Waals surface area contributed by atoms with Crippen LogP contribution >= 0.6 is 0 Å². The lowest BCUT2D eigenvalue weighted by Crippen LogP contribution is -2.09. The van der Waals surface area contributed by atoms with E-state index in [0.717, 1.165) is 16.7 Å². The van der Waals surface area contributed by atoms with Crippen molar-refractivity contribution in [2.24, 2.45) is 0 Å². The van der Waals surface area contributed by atoms with Crippen molar-refractivity contribution < 1.29 is 14.3 Å². The number of ketones is 1. The molecule has 0 aliphatic heterocycles. The van der Waals surface area contributed by atoms with Gasteiger partial charge in [-0.25, -0.2) is 4.79 Å². The second-order valence-electron chi connectivity index (χ2n) is 6.34. The van der Waals surface area contributed by atoms with E-state index < -0.39 is 0 Å². The number of aryl methyl sites for hydroxylation is 2. The van der Waals surface area contributed by atoms with Crippen LogP contribution < -0.4 is 4.74 Å². The maximum atomic E-state index is 12.2. The Bertz CT molecular complexity index is 981. The quantitative estimate of drug-likeness (QED) is 0.265. The molecule has 134 valence electrons. The van der Waals surface area contributed by atoms with Crippen molar-refractivity contribution >= 4 is 17.8 Å². The van der Waals surface area contributed by atoms with Crippen LogP contribution in [0, 0.1) is 13.8 Å². The molecule has 3 nitrogen and oxygen atoms in total. The van der Waals surface area contributed by atoms with E-state index in [1.807, 2.05) is 56.3 Å². The molecule has 0 aromatic heterocycles. The molecule has 0 heterocycles. The zero-order valence-electron chi connectivity index (χ0n) is 15.3. The van der Waals surface area contributed by atoms with Crippen LogP contribution in [0.1, 0.15) is 37.4 Å². The Balaban J connectivity index is 1.65. The van der Waals surface area contributed by atoms with Gasteiger partial charge in [0.2, 0.25) is 0 Å². The number of carbonyl (C=O) groups is 2. The fourth-order valence-electron chi connectivity index (χ4n) is 2.60. The molecule has 0 saturated heterocycles. The van der Waals surface area contributed by atoms with E-state index in [2.05, 4.69) is 0 Å².